The zero-order valence-corrected chi connectivity index (χ0v) is 11.2. The molecule has 1 saturated heterocycles. The second-order valence-corrected chi connectivity index (χ2v) is 6.33. The number of likely N-dealkylation sites (tertiary alicyclic amines) is 1. The summed E-state index contributed by atoms with van der Waals surface area (Å²) in [6.07, 6.45) is -4.75. The number of piperidine rings is 1. The molecule has 0 aromatic carbocycles. The van der Waals surface area contributed by atoms with Gasteiger partial charge in [0.05, 0.1) is 6.26 Å². The van der Waals surface area contributed by atoms with E-state index in [0.717, 1.165) is 6.26 Å². The molecule has 1 aliphatic heterocycles. The van der Waals surface area contributed by atoms with Gasteiger partial charge in [0.2, 0.25) is 10.0 Å². The van der Waals surface area contributed by atoms with E-state index in [1.165, 1.54) is 0 Å². The fraction of sp³-hybridized carbons (Fsp3) is 0.889. The molecular weight excluding hydrogens is 311 g/mol. The Balaban J connectivity index is 2.80. The molecule has 0 radical (unpaired) electrons. The molecule has 1 unspecified atom stereocenters. The summed E-state index contributed by atoms with van der Waals surface area (Å²) in [7, 11) is -3.63. The standard InChI is InChI=1S/C9H13F5N2O3S/c1-20(18,19)15-6-3-2-4-16(5-6)7(17)8(10,11)9(12,13)14/h6,15H,2-5H2,1H3. The highest BCUT2D eigenvalue weighted by Gasteiger charge is 2.64. The molecule has 0 spiro atoms. The van der Waals surface area contributed by atoms with Crippen LogP contribution in [-0.2, 0) is 14.8 Å². The topological polar surface area (TPSA) is 66.5 Å². The van der Waals surface area contributed by atoms with Gasteiger partial charge in [-0.15, -0.1) is 0 Å². The fourth-order valence-corrected chi connectivity index (χ4v) is 2.68. The zero-order valence-electron chi connectivity index (χ0n) is 10.4. The summed E-state index contributed by atoms with van der Waals surface area (Å²) in [5, 5.41) is 0. The number of rotatable bonds is 3. The average molecular weight is 324 g/mol. The maximum absolute atomic E-state index is 12.9. The van der Waals surface area contributed by atoms with E-state index in [-0.39, 0.29) is 19.4 Å². The van der Waals surface area contributed by atoms with Crippen molar-refractivity contribution in [3.63, 3.8) is 0 Å². The summed E-state index contributed by atoms with van der Waals surface area (Å²) in [6.45, 7) is -0.788. The number of hydrogen-bond acceptors (Lipinski definition) is 3. The summed E-state index contributed by atoms with van der Waals surface area (Å²) >= 11 is 0. The van der Waals surface area contributed by atoms with Gasteiger partial charge in [-0.2, -0.15) is 22.0 Å². The second kappa shape index (κ2) is 5.43. The lowest BCUT2D eigenvalue weighted by molar-refractivity contribution is -0.274. The molecule has 0 aromatic rings. The summed E-state index contributed by atoms with van der Waals surface area (Å²) in [5.41, 5.74) is 0. The van der Waals surface area contributed by atoms with Crippen molar-refractivity contribution in [2.75, 3.05) is 19.3 Å². The fourth-order valence-electron chi connectivity index (χ4n) is 1.88. The summed E-state index contributed by atoms with van der Waals surface area (Å²) in [4.78, 5) is 11.6. The molecule has 1 heterocycles. The largest absolute Gasteiger partial charge is 0.463 e. The van der Waals surface area contributed by atoms with Crippen LogP contribution < -0.4 is 4.72 Å². The Hall–Kier alpha value is -0.970. The highest BCUT2D eigenvalue weighted by molar-refractivity contribution is 7.88. The molecule has 11 heteroatoms. The molecule has 5 nitrogen and oxygen atoms in total. The van der Waals surface area contributed by atoms with Gasteiger partial charge in [-0.05, 0) is 12.8 Å². The van der Waals surface area contributed by atoms with Crippen molar-refractivity contribution in [2.45, 2.75) is 31.0 Å². The van der Waals surface area contributed by atoms with E-state index >= 15 is 0 Å². The summed E-state index contributed by atoms with van der Waals surface area (Å²) < 4.78 is 86.2. The summed E-state index contributed by atoms with van der Waals surface area (Å²) in [5.74, 6) is -7.83. The molecule has 0 saturated carbocycles. The van der Waals surface area contributed by atoms with Crippen molar-refractivity contribution in [1.82, 2.24) is 9.62 Å². The first-order valence-electron chi connectivity index (χ1n) is 5.56. The van der Waals surface area contributed by atoms with E-state index in [0.29, 0.717) is 4.90 Å². The van der Waals surface area contributed by atoms with Crippen molar-refractivity contribution in [2.24, 2.45) is 0 Å². The number of amides is 1. The van der Waals surface area contributed by atoms with Crippen LogP contribution in [0.25, 0.3) is 0 Å². The van der Waals surface area contributed by atoms with Crippen LogP contribution in [0.15, 0.2) is 0 Å². The average Bonchev–Trinajstić information content (AvgIpc) is 2.24. The molecule has 1 aliphatic rings. The number of alkyl halides is 5. The number of halogens is 5. The predicted molar refractivity (Wildman–Crippen MR) is 58.6 cm³/mol. The van der Waals surface area contributed by atoms with Crippen LogP contribution >= 0.6 is 0 Å². The summed E-state index contributed by atoms with van der Waals surface area (Å²) in [6, 6.07) is -0.869. The van der Waals surface area contributed by atoms with E-state index in [1.807, 2.05) is 0 Å². The van der Waals surface area contributed by atoms with Crippen molar-refractivity contribution >= 4 is 15.9 Å². The van der Waals surface area contributed by atoms with Crippen LogP contribution in [0.1, 0.15) is 12.8 Å². The van der Waals surface area contributed by atoms with Crippen LogP contribution in [0.5, 0.6) is 0 Å². The molecule has 0 bridgehead atoms. The molecule has 118 valence electrons. The lowest BCUT2D eigenvalue weighted by atomic mass is 10.1. The predicted octanol–water partition coefficient (Wildman–Crippen LogP) is 0.724. The van der Waals surface area contributed by atoms with Gasteiger partial charge in [-0.25, -0.2) is 13.1 Å². The Morgan fingerprint density at radius 3 is 2.25 bits per heavy atom. The Morgan fingerprint density at radius 1 is 1.25 bits per heavy atom. The molecule has 1 amide bonds. The van der Waals surface area contributed by atoms with E-state index in [9.17, 15) is 35.2 Å². The van der Waals surface area contributed by atoms with Gasteiger partial charge >= 0.3 is 18.0 Å². The molecule has 1 atom stereocenters. The quantitative estimate of drug-likeness (QED) is 0.778. The van der Waals surface area contributed by atoms with Gasteiger partial charge in [0.1, 0.15) is 0 Å². The lowest BCUT2D eigenvalue weighted by Gasteiger charge is -2.34. The van der Waals surface area contributed by atoms with E-state index in [4.69, 9.17) is 0 Å². The van der Waals surface area contributed by atoms with Crippen LogP contribution in [0.4, 0.5) is 22.0 Å². The number of nitrogens with one attached hydrogen (secondary N) is 1. The monoisotopic (exact) mass is 324 g/mol. The van der Waals surface area contributed by atoms with Crippen molar-refractivity contribution in [3.8, 4) is 0 Å². The second-order valence-electron chi connectivity index (χ2n) is 4.55. The number of nitrogens with zero attached hydrogens (tertiary/aromatic N) is 1. The first-order chi connectivity index (χ1) is 8.84. The molecule has 0 aromatic heterocycles. The number of sulfonamides is 1. The lowest BCUT2D eigenvalue weighted by Crippen LogP contribution is -2.57. The molecule has 1 N–H and O–H groups in total. The first-order valence-corrected chi connectivity index (χ1v) is 7.45. The Morgan fingerprint density at radius 2 is 1.80 bits per heavy atom. The molecule has 20 heavy (non-hydrogen) atoms. The third-order valence-electron chi connectivity index (χ3n) is 2.71. The maximum atomic E-state index is 12.9. The number of carbonyl (C=O) groups excluding carboxylic acids is 1. The first kappa shape index (κ1) is 17.1. The SMILES string of the molecule is CS(=O)(=O)NC1CCCN(C(=O)C(F)(F)C(F)(F)F)C1. The van der Waals surface area contributed by atoms with Crippen LogP contribution in [0.3, 0.4) is 0 Å². The van der Waals surface area contributed by atoms with Crippen LogP contribution in [-0.4, -0.2) is 56.7 Å². The van der Waals surface area contributed by atoms with E-state index in [2.05, 4.69) is 4.72 Å². The Kier molecular flexibility index (Phi) is 4.64. The van der Waals surface area contributed by atoms with Crippen LogP contribution in [0, 0.1) is 0 Å². The molecule has 1 fully saturated rings. The number of carbonyl (C=O) groups is 1. The van der Waals surface area contributed by atoms with E-state index < -0.39 is 40.6 Å². The normalized spacial score (nSPS) is 21.9. The third kappa shape index (κ3) is 4.01. The molecular formula is C9H13F5N2O3S. The zero-order chi connectivity index (χ0) is 15.8. The minimum Gasteiger partial charge on any atom is -0.336 e. The minimum atomic E-state index is -5.97. The smallest absolute Gasteiger partial charge is 0.336 e. The molecule has 0 aliphatic carbocycles. The van der Waals surface area contributed by atoms with Gasteiger partial charge in [-0.3, -0.25) is 4.79 Å². The third-order valence-corrected chi connectivity index (χ3v) is 3.48. The van der Waals surface area contributed by atoms with Crippen molar-refractivity contribution in [1.29, 1.82) is 0 Å². The highest BCUT2D eigenvalue weighted by Crippen LogP contribution is 2.37. The van der Waals surface area contributed by atoms with Gasteiger partial charge in [-0.1, -0.05) is 0 Å². The molecule has 1 rings (SSSR count). The minimum absolute atomic E-state index is 0.132. The number of hydrogen-bond donors (Lipinski definition) is 1. The van der Waals surface area contributed by atoms with E-state index in [1.54, 1.807) is 0 Å². The van der Waals surface area contributed by atoms with Gasteiger partial charge in [0.15, 0.2) is 0 Å². The van der Waals surface area contributed by atoms with Crippen LogP contribution in [0.2, 0.25) is 0 Å². The van der Waals surface area contributed by atoms with Gasteiger partial charge in [0, 0.05) is 19.1 Å². The highest BCUT2D eigenvalue weighted by atomic mass is 32.2. The van der Waals surface area contributed by atoms with Crippen molar-refractivity contribution < 1.29 is 35.2 Å². The Labute approximate surface area is 112 Å². The maximum Gasteiger partial charge on any atom is 0.463 e. The van der Waals surface area contributed by atoms with Gasteiger partial charge < -0.3 is 4.90 Å². The van der Waals surface area contributed by atoms with Crippen molar-refractivity contribution in [3.05, 3.63) is 0 Å². The van der Waals surface area contributed by atoms with Gasteiger partial charge in [0.25, 0.3) is 0 Å². The Bertz CT molecular complexity index is 476.